The molecule has 0 saturated carbocycles. The van der Waals surface area contributed by atoms with Gasteiger partial charge in [-0.25, -0.2) is 22.8 Å². The van der Waals surface area contributed by atoms with Gasteiger partial charge in [-0.2, -0.15) is 4.31 Å². The van der Waals surface area contributed by atoms with Crippen LogP contribution in [0.3, 0.4) is 0 Å². The van der Waals surface area contributed by atoms with Gasteiger partial charge in [-0.1, -0.05) is 12.1 Å². The number of nitrogens with zero attached hydrogens (tertiary/aromatic N) is 5. The first-order valence-electron chi connectivity index (χ1n) is 10.1. The highest BCUT2D eigenvalue weighted by Gasteiger charge is 2.31. The van der Waals surface area contributed by atoms with E-state index in [9.17, 15) is 17.6 Å². The Bertz CT molecular complexity index is 1040. The highest BCUT2D eigenvalue weighted by Crippen LogP contribution is 2.31. The molecule has 168 valence electrons. The molecule has 8 nitrogen and oxygen atoms in total. The van der Waals surface area contributed by atoms with Crippen molar-refractivity contribution >= 4 is 21.7 Å². The van der Waals surface area contributed by atoms with Crippen molar-refractivity contribution in [2.24, 2.45) is 0 Å². The van der Waals surface area contributed by atoms with Crippen LogP contribution in [-0.4, -0.2) is 61.2 Å². The van der Waals surface area contributed by atoms with Gasteiger partial charge in [0.15, 0.2) is 5.82 Å². The Balaban J connectivity index is 1.85. The molecular weight excluding hydrogens is 421 g/mol. The predicted molar refractivity (Wildman–Crippen MR) is 116 cm³/mol. The average molecular weight is 450 g/mol. The van der Waals surface area contributed by atoms with Crippen molar-refractivity contribution in [3.8, 4) is 0 Å². The number of hydrogen-bond donors (Lipinski definition) is 0. The number of amides is 1. The number of aromatic nitrogens is 2. The van der Waals surface area contributed by atoms with Crippen LogP contribution >= 0.6 is 0 Å². The number of carbonyl (C=O) groups is 1. The van der Waals surface area contributed by atoms with Crippen LogP contribution in [0.2, 0.25) is 0 Å². The van der Waals surface area contributed by atoms with Crippen molar-refractivity contribution in [1.29, 1.82) is 0 Å². The van der Waals surface area contributed by atoms with Gasteiger partial charge in [-0.15, -0.1) is 0 Å². The number of benzene rings is 1. The summed E-state index contributed by atoms with van der Waals surface area (Å²) in [6, 6.07) is 6.95. The molecule has 1 aliphatic heterocycles. The molecule has 0 N–H and O–H groups in total. The largest absolute Gasteiger partial charge is 0.363 e. The molecule has 2 heterocycles. The van der Waals surface area contributed by atoms with Crippen LogP contribution in [0.15, 0.2) is 30.3 Å². The van der Waals surface area contributed by atoms with Crippen molar-refractivity contribution < 1.29 is 17.6 Å². The van der Waals surface area contributed by atoms with E-state index >= 15 is 0 Å². The lowest BCUT2D eigenvalue weighted by atomic mass is 10.2. The van der Waals surface area contributed by atoms with Crippen LogP contribution in [0.5, 0.6) is 0 Å². The number of anilines is 1. The lowest BCUT2D eigenvalue weighted by Gasteiger charge is -2.24. The molecule has 10 heteroatoms. The molecule has 1 atom stereocenters. The molecule has 1 aromatic carbocycles. The third-order valence-electron chi connectivity index (χ3n) is 5.32. The minimum absolute atomic E-state index is 0.0260. The van der Waals surface area contributed by atoms with Crippen molar-refractivity contribution in [3.05, 3.63) is 53.2 Å². The summed E-state index contributed by atoms with van der Waals surface area (Å²) in [6.07, 6.45) is 1.65. The maximum atomic E-state index is 13.1. The molecule has 0 spiro atoms. The third kappa shape index (κ3) is 5.56. The molecule has 1 aliphatic rings. The Hall–Kier alpha value is -2.59. The molecule has 1 saturated heterocycles. The minimum Gasteiger partial charge on any atom is -0.363 e. The van der Waals surface area contributed by atoms with E-state index in [2.05, 4.69) is 9.97 Å². The quantitative estimate of drug-likeness (QED) is 0.645. The second-order valence-corrected chi connectivity index (χ2v) is 10.1. The fourth-order valence-electron chi connectivity index (χ4n) is 3.60. The Morgan fingerprint density at radius 3 is 2.48 bits per heavy atom. The van der Waals surface area contributed by atoms with E-state index in [-0.39, 0.29) is 24.2 Å². The summed E-state index contributed by atoms with van der Waals surface area (Å²) in [6.45, 7) is 2.26. The zero-order chi connectivity index (χ0) is 22.8. The maximum Gasteiger partial charge on any atom is 0.220 e. The van der Waals surface area contributed by atoms with Gasteiger partial charge >= 0.3 is 0 Å². The molecule has 1 fully saturated rings. The van der Waals surface area contributed by atoms with Crippen LogP contribution in [0.1, 0.15) is 42.9 Å². The number of carbonyl (C=O) groups excluding carboxylic acids is 1. The van der Waals surface area contributed by atoms with Gasteiger partial charge in [0.2, 0.25) is 15.9 Å². The summed E-state index contributed by atoms with van der Waals surface area (Å²) in [5.74, 6) is 0.508. The first-order valence-corrected chi connectivity index (χ1v) is 11.7. The lowest BCUT2D eigenvalue weighted by molar-refractivity contribution is -0.129. The minimum atomic E-state index is -3.64. The molecule has 1 aromatic heterocycles. The second kappa shape index (κ2) is 9.27. The van der Waals surface area contributed by atoms with E-state index in [1.54, 1.807) is 11.0 Å². The Morgan fingerprint density at radius 2 is 1.87 bits per heavy atom. The summed E-state index contributed by atoms with van der Waals surface area (Å²) in [5, 5.41) is 0. The smallest absolute Gasteiger partial charge is 0.220 e. The first kappa shape index (κ1) is 23.1. The normalized spacial score (nSPS) is 16.7. The van der Waals surface area contributed by atoms with E-state index in [4.69, 9.17) is 0 Å². The fraction of sp³-hybridized carbons (Fsp3) is 0.476. The predicted octanol–water partition coefficient (Wildman–Crippen LogP) is 2.33. The van der Waals surface area contributed by atoms with Crippen LogP contribution in [0.4, 0.5) is 10.2 Å². The highest BCUT2D eigenvalue weighted by molar-refractivity contribution is 7.88. The second-order valence-electron chi connectivity index (χ2n) is 7.98. The SMILES string of the molecule is CC(=O)N1CCCC1c1nc(CN(C)S(=O)(=O)Cc2ccc(F)cc2)cc(N(C)C)n1. The van der Waals surface area contributed by atoms with Gasteiger partial charge in [0.1, 0.15) is 11.6 Å². The van der Waals surface area contributed by atoms with Crippen molar-refractivity contribution in [3.63, 3.8) is 0 Å². The van der Waals surface area contributed by atoms with Gasteiger partial charge in [0.05, 0.1) is 24.0 Å². The zero-order valence-electron chi connectivity index (χ0n) is 18.2. The molecule has 0 aliphatic carbocycles. The lowest BCUT2D eigenvalue weighted by Crippen LogP contribution is -2.31. The molecule has 0 radical (unpaired) electrons. The Labute approximate surface area is 182 Å². The number of likely N-dealkylation sites (tertiary alicyclic amines) is 1. The summed E-state index contributed by atoms with van der Waals surface area (Å²) in [5.41, 5.74) is 1.06. The number of sulfonamides is 1. The third-order valence-corrected chi connectivity index (χ3v) is 7.10. The Kier molecular flexibility index (Phi) is 6.90. The molecule has 0 bridgehead atoms. The summed E-state index contributed by atoms with van der Waals surface area (Å²) in [7, 11) is 1.55. The topological polar surface area (TPSA) is 86.7 Å². The van der Waals surface area contributed by atoms with Gasteiger partial charge in [-0.05, 0) is 30.5 Å². The first-order chi connectivity index (χ1) is 14.6. The average Bonchev–Trinajstić information content (AvgIpc) is 3.19. The van der Waals surface area contributed by atoms with Crippen LogP contribution in [0.25, 0.3) is 0 Å². The summed E-state index contributed by atoms with van der Waals surface area (Å²) < 4.78 is 40.0. The van der Waals surface area contributed by atoms with Crippen molar-refractivity contribution in [2.45, 2.75) is 38.1 Å². The molecule has 31 heavy (non-hydrogen) atoms. The number of hydrogen-bond acceptors (Lipinski definition) is 6. The summed E-state index contributed by atoms with van der Waals surface area (Å²) >= 11 is 0. The van der Waals surface area contributed by atoms with Gasteiger partial charge < -0.3 is 9.80 Å². The standard InChI is InChI=1S/C21H28FN5O3S/c1-15(28)27-11-5-6-19(27)21-23-18(12-20(24-21)25(2)3)13-26(4)31(29,30)14-16-7-9-17(22)10-8-16/h7-10,12,19H,5-6,11,13-14H2,1-4H3. The zero-order valence-corrected chi connectivity index (χ0v) is 19.1. The summed E-state index contributed by atoms with van der Waals surface area (Å²) in [4.78, 5) is 24.8. The van der Waals surface area contributed by atoms with E-state index in [0.717, 1.165) is 12.8 Å². The molecule has 1 amide bonds. The van der Waals surface area contributed by atoms with Gasteiger partial charge in [0, 0.05) is 40.7 Å². The van der Waals surface area contributed by atoms with E-state index < -0.39 is 15.8 Å². The highest BCUT2D eigenvalue weighted by atomic mass is 32.2. The van der Waals surface area contributed by atoms with E-state index in [0.29, 0.717) is 29.4 Å². The van der Waals surface area contributed by atoms with Crippen LogP contribution < -0.4 is 4.90 Å². The monoisotopic (exact) mass is 449 g/mol. The maximum absolute atomic E-state index is 13.1. The number of rotatable bonds is 7. The fourth-order valence-corrected chi connectivity index (χ4v) is 4.77. The van der Waals surface area contributed by atoms with Gasteiger partial charge in [-0.3, -0.25) is 4.79 Å². The van der Waals surface area contributed by atoms with Crippen LogP contribution in [0, 0.1) is 5.82 Å². The van der Waals surface area contributed by atoms with Gasteiger partial charge in [0.25, 0.3) is 0 Å². The Morgan fingerprint density at radius 1 is 1.19 bits per heavy atom. The van der Waals surface area contributed by atoms with E-state index in [1.165, 1.54) is 42.5 Å². The molecule has 2 aromatic rings. The number of halogens is 1. The van der Waals surface area contributed by atoms with Crippen LogP contribution in [-0.2, 0) is 27.1 Å². The molecule has 3 rings (SSSR count). The van der Waals surface area contributed by atoms with Crippen molar-refractivity contribution in [1.82, 2.24) is 19.2 Å². The molecule has 1 unspecified atom stereocenters. The van der Waals surface area contributed by atoms with Crippen molar-refractivity contribution in [2.75, 3.05) is 32.6 Å². The molecular formula is C21H28FN5O3S. The van der Waals surface area contributed by atoms with E-state index in [1.807, 2.05) is 19.0 Å².